The van der Waals surface area contributed by atoms with E-state index in [-0.39, 0.29) is 5.56 Å². The highest BCUT2D eigenvalue weighted by atomic mass is 32.2. The summed E-state index contributed by atoms with van der Waals surface area (Å²) in [5, 5.41) is 1.28. The van der Waals surface area contributed by atoms with Gasteiger partial charge in [0.1, 0.15) is 0 Å². The Labute approximate surface area is 155 Å². The predicted molar refractivity (Wildman–Crippen MR) is 106 cm³/mol. The number of thioether (sulfide) groups is 1. The van der Waals surface area contributed by atoms with Crippen molar-refractivity contribution in [2.24, 2.45) is 0 Å². The Kier molecular flexibility index (Phi) is 4.54. The van der Waals surface area contributed by atoms with Crippen molar-refractivity contribution in [2.45, 2.75) is 17.8 Å². The highest BCUT2D eigenvalue weighted by Gasteiger charge is 2.13. The van der Waals surface area contributed by atoms with Gasteiger partial charge in [0.25, 0.3) is 5.56 Å². The van der Waals surface area contributed by atoms with Gasteiger partial charge in [0.05, 0.1) is 22.8 Å². The van der Waals surface area contributed by atoms with E-state index >= 15 is 0 Å². The van der Waals surface area contributed by atoms with Crippen molar-refractivity contribution < 1.29 is 0 Å². The molecule has 4 rings (SSSR count). The van der Waals surface area contributed by atoms with E-state index < -0.39 is 0 Å². The minimum absolute atomic E-state index is 0.0733. The normalized spacial score (nSPS) is 11.0. The van der Waals surface area contributed by atoms with Gasteiger partial charge in [-0.1, -0.05) is 48.2 Å². The summed E-state index contributed by atoms with van der Waals surface area (Å²) in [6, 6.07) is 19.4. The first-order chi connectivity index (χ1) is 12.7. The Morgan fingerprint density at radius 2 is 1.81 bits per heavy atom. The van der Waals surface area contributed by atoms with Crippen LogP contribution in [0.1, 0.15) is 11.1 Å². The minimum Gasteiger partial charge on any atom is -0.268 e. The Bertz CT molecular complexity index is 1120. The molecule has 0 atom stereocenters. The van der Waals surface area contributed by atoms with Crippen LogP contribution in [0.5, 0.6) is 0 Å². The van der Waals surface area contributed by atoms with Crippen LogP contribution < -0.4 is 5.56 Å². The fourth-order valence-electron chi connectivity index (χ4n) is 2.84. The van der Waals surface area contributed by atoms with Gasteiger partial charge in [-0.05, 0) is 42.3 Å². The lowest BCUT2D eigenvalue weighted by Crippen LogP contribution is -2.21. The van der Waals surface area contributed by atoms with Crippen LogP contribution in [0.2, 0.25) is 0 Å². The molecule has 0 radical (unpaired) electrons. The van der Waals surface area contributed by atoms with Gasteiger partial charge < -0.3 is 0 Å². The van der Waals surface area contributed by atoms with Crippen LogP contribution in [-0.2, 0) is 5.75 Å². The zero-order valence-electron chi connectivity index (χ0n) is 14.3. The molecule has 0 fully saturated rings. The van der Waals surface area contributed by atoms with Crippen LogP contribution in [0.25, 0.3) is 16.6 Å². The van der Waals surface area contributed by atoms with E-state index in [9.17, 15) is 4.79 Å². The molecule has 0 saturated heterocycles. The second-order valence-electron chi connectivity index (χ2n) is 5.98. The molecule has 2 aromatic heterocycles. The first-order valence-electron chi connectivity index (χ1n) is 8.33. The number of hydrogen-bond acceptors (Lipinski definition) is 4. The molecule has 128 valence electrons. The summed E-state index contributed by atoms with van der Waals surface area (Å²) < 4.78 is 1.65. The molecule has 0 amide bonds. The maximum Gasteiger partial charge on any atom is 0.266 e. The van der Waals surface area contributed by atoms with Crippen molar-refractivity contribution in [3.05, 3.63) is 94.5 Å². The summed E-state index contributed by atoms with van der Waals surface area (Å²) in [4.78, 5) is 22.0. The molecule has 0 bridgehead atoms. The van der Waals surface area contributed by atoms with Crippen LogP contribution in [0, 0.1) is 6.92 Å². The maximum absolute atomic E-state index is 13.1. The Balaban J connectivity index is 1.84. The van der Waals surface area contributed by atoms with Gasteiger partial charge in [-0.25, -0.2) is 4.98 Å². The molecule has 4 aromatic rings. The van der Waals surface area contributed by atoms with Gasteiger partial charge in [0.2, 0.25) is 0 Å². The second-order valence-corrected chi connectivity index (χ2v) is 6.92. The number of aromatic nitrogens is 3. The summed E-state index contributed by atoms with van der Waals surface area (Å²) in [7, 11) is 0. The van der Waals surface area contributed by atoms with Crippen LogP contribution in [0.3, 0.4) is 0 Å². The number of benzene rings is 2. The van der Waals surface area contributed by atoms with Crippen molar-refractivity contribution in [1.29, 1.82) is 0 Å². The number of nitrogens with zero attached hydrogens (tertiary/aromatic N) is 3. The zero-order valence-corrected chi connectivity index (χ0v) is 15.1. The van der Waals surface area contributed by atoms with Crippen molar-refractivity contribution in [3.63, 3.8) is 0 Å². The molecule has 0 aliphatic carbocycles. The van der Waals surface area contributed by atoms with Gasteiger partial charge in [-0.3, -0.25) is 14.3 Å². The van der Waals surface area contributed by atoms with Crippen LogP contribution in [0.4, 0.5) is 0 Å². The van der Waals surface area contributed by atoms with E-state index in [0.29, 0.717) is 16.1 Å². The monoisotopic (exact) mass is 359 g/mol. The second kappa shape index (κ2) is 7.14. The molecule has 0 saturated carbocycles. The van der Waals surface area contributed by atoms with Crippen LogP contribution in [0.15, 0.2) is 83.0 Å². The average molecular weight is 359 g/mol. The molecule has 0 aliphatic rings. The third kappa shape index (κ3) is 3.13. The molecule has 26 heavy (non-hydrogen) atoms. The largest absolute Gasteiger partial charge is 0.268 e. The molecule has 0 aliphatic heterocycles. The average Bonchev–Trinajstić information content (AvgIpc) is 2.68. The lowest BCUT2D eigenvalue weighted by molar-refractivity contribution is 0.815. The van der Waals surface area contributed by atoms with Gasteiger partial charge in [0, 0.05) is 11.9 Å². The van der Waals surface area contributed by atoms with Gasteiger partial charge in [-0.15, -0.1) is 0 Å². The zero-order chi connectivity index (χ0) is 17.9. The quantitative estimate of drug-likeness (QED) is 0.401. The summed E-state index contributed by atoms with van der Waals surface area (Å²) in [6.07, 6.45) is 3.39. The highest BCUT2D eigenvalue weighted by molar-refractivity contribution is 7.98. The third-order valence-electron chi connectivity index (χ3n) is 4.27. The van der Waals surface area contributed by atoms with E-state index in [4.69, 9.17) is 4.98 Å². The van der Waals surface area contributed by atoms with E-state index in [0.717, 1.165) is 11.4 Å². The van der Waals surface area contributed by atoms with E-state index in [1.807, 2.05) is 48.5 Å². The lowest BCUT2D eigenvalue weighted by atomic mass is 10.1. The van der Waals surface area contributed by atoms with Crippen molar-refractivity contribution >= 4 is 22.7 Å². The Morgan fingerprint density at radius 3 is 2.62 bits per heavy atom. The lowest BCUT2D eigenvalue weighted by Gasteiger charge is -2.13. The van der Waals surface area contributed by atoms with Crippen LogP contribution in [-0.4, -0.2) is 14.5 Å². The minimum atomic E-state index is -0.0733. The molecule has 5 heteroatoms. The molecular formula is C21H17N3OS. The SMILES string of the molecule is Cc1ccccc1CSc1nc2ccccc2c(=O)n1-c1cccnc1. The van der Waals surface area contributed by atoms with E-state index in [1.165, 1.54) is 11.1 Å². The van der Waals surface area contributed by atoms with Gasteiger partial charge >= 0.3 is 0 Å². The van der Waals surface area contributed by atoms with Crippen molar-refractivity contribution in [2.75, 3.05) is 0 Å². The third-order valence-corrected chi connectivity index (χ3v) is 5.25. The first-order valence-corrected chi connectivity index (χ1v) is 9.32. The van der Waals surface area contributed by atoms with Crippen molar-refractivity contribution in [3.8, 4) is 5.69 Å². The fourth-order valence-corrected chi connectivity index (χ4v) is 3.93. The summed E-state index contributed by atoms with van der Waals surface area (Å²) in [5.41, 5.74) is 3.83. The standard InChI is InChI=1S/C21H17N3OS/c1-15-7-2-3-8-16(15)14-26-21-23-19-11-5-4-10-18(19)20(25)24(21)17-9-6-12-22-13-17/h2-13H,14H2,1H3. The number of para-hydroxylation sites is 1. The Hall–Kier alpha value is -2.92. The number of hydrogen-bond donors (Lipinski definition) is 0. The van der Waals surface area contributed by atoms with Gasteiger partial charge in [0.15, 0.2) is 5.16 Å². The van der Waals surface area contributed by atoms with Crippen molar-refractivity contribution in [1.82, 2.24) is 14.5 Å². The van der Waals surface area contributed by atoms with Crippen LogP contribution >= 0.6 is 11.8 Å². The highest BCUT2D eigenvalue weighted by Crippen LogP contribution is 2.25. The topological polar surface area (TPSA) is 47.8 Å². The first kappa shape index (κ1) is 16.5. The number of fused-ring (bicyclic) bond motifs is 1. The molecule has 4 nitrogen and oxygen atoms in total. The van der Waals surface area contributed by atoms with Gasteiger partial charge in [-0.2, -0.15) is 0 Å². The maximum atomic E-state index is 13.1. The Morgan fingerprint density at radius 1 is 1.00 bits per heavy atom. The number of pyridine rings is 1. The molecular weight excluding hydrogens is 342 g/mol. The molecule has 0 N–H and O–H groups in total. The number of aryl methyl sites for hydroxylation is 1. The summed E-state index contributed by atoms with van der Waals surface area (Å²) in [5.74, 6) is 0.748. The smallest absolute Gasteiger partial charge is 0.266 e. The number of rotatable bonds is 4. The molecule has 0 unspecified atom stereocenters. The summed E-state index contributed by atoms with van der Waals surface area (Å²) in [6.45, 7) is 2.10. The molecule has 2 aromatic carbocycles. The van der Waals surface area contributed by atoms with E-state index in [1.54, 1.807) is 28.7 Å². The summed E-state index contributed by atoms with van der Waals surface area (Å²) >= 11 is 1.56. The molecule has 2 heterocycles. The predicted octanol–water partition coefficient (Wildman–Crippen LogP) is 4.38. The molecule has 0 spiro atoms. The fraction of sp³-hybridized carbons (Fsp3) is 0.0952. The van der Waals surface area contributed by atoms with E-state index in [2.05, 4.69) is 24.0 Å².